The average Bonchev–Trinajstić information content (AvgIpc) is 3.00. The molecule has 190 valence electrons. The second kappa shape index (κ2) is 9.90. The molecule has 2 rings (SSSR count). The van der Waals surface area contributed by atoms with Gasteiger partial charge >= 0.3 is 5.69 Å². The van der Waals surface area contributed by atoms with Gasteiger partial charge in [0.25, 0.3) is 0 Å². The van der Waals surface area contributed by atoms with Gasteiger partial charge in [-0.1, -0.05) is 41.5 Å². The lowest BCUT2D eigenvalue weighted by Crippen LogP contribution is -2.51. The molecule has 2 heterocycles. The molecule has 1 aromatic rings. The lowest BCUT2D eigenvalue weighted by Gasteiger charge is -2.41. The normalized spacial score (nSPS) is 24.8. The Bertz CT molecular complexity index is 861. The van der Waals surface area contributed by atoms with Crippen molar-refractivity contribution in [3.8, 4) is 0 Å². The monoisotopic (exact) mass is 499 g/mol. The molecule has 1 fully saturated rings. The maximum Gasteiger partial charge on any atom is 0.351 e. The highest BCUT2D eigenvalue weighted by atomic mass is 28.4. The van der Waals surface area contributed by atoms with Crippen LogP contribution < -0.4 is 11.0 Å². The fraction of sp³-hybridized carbons (Fsp3) is 0.826. The number of ether oxygens (including phenoxy) is 2. The second-order valence-corrected chi connectivity index (χ2v) is 21.5. The van der Waals surface area contributed by atoms with Crippen LogP contribution in [0.4, 0.5) is 5.82 Å². The fourth-order valence-electron chi connectivity index (χ4n) is 3.23. The first-order chi connectivity index (χ1) is 14.9. The number of nitrogens with one attached hydrogen (secondary N) is 1. The Morgan fingerprint density at radius 1 is 1.06 bits per heavy atom. The second-order valence-electron chi connectivity index (χ2n) is 11.9. The van der Waals surface area contributed by atoms with Gasteiger partial charge in [0.1, 0.15) is 24.1 Å². The first-order valence-electron chi connectivity index (χ1n) is 11.7. The van der Waals surface area contributed by atoms with Crippen LogP contribution in [-0.2, 0) is 18.3 Å². The molecule has 10 heteroatoms. The van der Waals surface area contributed by atoms with Crippen LogP contribution in [0.2, 0.25) is 36.3 Å². The maximum atomic E-state index is 12.8. The summed E-state index contributed by atoms with van der Waals surface area (Å²) in [6, 6.07) is 1.75. The van der Waals surface area contributed by atoms with E-state index in [4.69, 9.17) is 18.3 Å². The molecule has 1 saturated heterocycles. The van der Waals surface area contributed by atoms with Crippen molar-refractivity contribution in [2.24, 2.45) is 0 Å². The first-order valence-corrected chi connectivity index (χ1v) is 17.5. The van der Waals surface area contributed by atoms with Crippen LogP contribution in [0.15, 0.2) is 17.1 Å². The van der Waals surface area contributed by atoms with Crippen molar-refractivity contribution in [2.45, 2.75) is 102 Å². The predicted molar refractivity (Wildman–Crippen MR) is 138 cm³/mol. The molecule has 8 nitrogen and oxygen atoms in total. The third-order valence-electron chi connectivity index (χ3n) is 7.57. The van der Waals surface area contributed by atoms with Crippen LogP contribution in [0.1, 0.15) is 47.8 Å². The minimum absolute atomic E-state index is 0.0149. The quantitative estimate of drug-likeness (QED) is 0.523. The van der Waals surface area contributed by atoms with E-state index < -0.39 is 34.7 Å². The number of rotatable bonds is 8. The summed E-state index contributed by atoms with van der Waals surface area (Å²) in [6.45, 7) is 22.5. The van der Waals surface area contributed by atoms with Crippen molar-refractivity contribution in [2.75, 3.05) is 26.1 Å². The number of anilines is 1. The lowest BCUT2D eigenvalue weighted by molar-refractivity contribution is -0.0612. The van der Waals surface area contributed by atoms with Crippen LogP contribution in [0.25, 0.3) is 0 Å². The Morgan fingerprint density at radius 3 is 2.09 bits per heavy atom. The molecule has 1 N–H and O–H groups in total. The van der Waals surface area contributed by atoms with E-state index in [1.54, 1.807) is 26.4 Å². The molecule has 33 heavy (non-hydrogen) atoms. The molecular weight excluding hydrogens is 454 g/mol. The molecule has 0 spiro atoms. The Hall–Kier alpha value is -1.05. The van der Waals surface area contributed by atoms with Gasteiger partial charge in [-0.2, -0.15) is 4.98 Å². The van der Waals surface area contributed by atoms with E-state index in [2.05, 4.69) is 78.0 Å². The van der Waals surface area contributed by atoms with E-state index in [0.717, 1.165) is 0 Å². The van der Waals surface area contributed by atoms with Crippen molar-refractivity contribution >= 4 is 22.5 Å². The maximum absolute atomic E-state index is 12.8. The molecule has 1 aromatic heterocycles. The Labute approximate surface area is 201 Å². The fourth-order valence-corrected chi connectivity index (χ4v) is 5.56. The first kappa shape index (κ1) is 28.2. The SMILES string of the molecule is CNc1ccn([C@@H]2O[C@H](CO[Si](C)(C)C(C)(C)C)[C@H](O[Si](C)(C)C(C)(C)C)C2OC)c(=O)n1. The van der Waals surface area contributed by atoms with Gasteiger partial charge in [-0.15, -0.1) is 0 Å². The molecule has 1 aliphatic rings. The van der Waals surface area contributed by atoms with Crippen molar-refractivity contribution in [1.29, 1.82) is 0 Å². The number of methoxy groups -OCH3 is 1. The molecular formula is C23H45N3O5Si2. The topological polar surface area (TPSA) is 83.8 Å². The van der Waals surface area contributed by atoms with E-state index in [1.807, 2.05) is 0 Å². The van der Waals surface area contributed by atoms with Crippen LogP contribution in [0, 0.1) is 0 Å². The molecule has 1 aliphatic heterocycles. The van der Waals surface area contributed by atoms with Gasteiger partial charge in [0.05, 0.1) is 6.61 Å². The number of hydrogen-bond acceptors (Lipinski definition) is 7. The van der Waals surface area contributed by atoms with E-state index in [1.165, 1.54) is 4.57 Å². The Balaban J connectivity index is 2.43. The van der Waals surface area contributed by atoms with Crippen molar-refractivity contribution in [3.05, 3.63) is 22.7 Å². The molecule has 0 radical (unpaired) electrons. The van der Waals surface area contributed by atoms with E-state index in [0.29, 0.717) is 12.4 Å². The van der Waals surface area contributed by atoms with Gasteiger partial charge in [-0.3, -0.25) is 4.57 Å². The van der Waals surface area contributed by atoms with Gasteiger partial charge in [0.15, 0.2) is 22.9 Å². The average molecular weight is 500 g/mol. The van der Waals surface area contributed by atoms with Crippen LogP contribution >= 0.6 is 0 Å². The molecule has 0 bridgehead atoms. The van der Waals surface area contributed by atoms with Gasteiger partial charge in [-0.05, 0) is 42.3 Å². The third-order valence-corrected chi connectivity index (χ3v) is 16.5. The third kappa shape index (κ3) is 6.15. The Kier molecular flexibility index (Phi) is 8.46. The number of nitrogens with zero attached hydrogens (tertiary/aromatic N) is 2. The molecule has 1 unspecified atom stereocenters. The lowest BCUT2D eigenvalue weighted by atomic mass is 10.1. The highest BCUT2D eigenvalue weighted by Gasteiger charge is 2.52. The highest BCUT2D eigenvalue weighted by Crippen LogP contribution is 2.43. The largest absolute Gasteiger partial charge is 0.414 e. The summed E-state index contributed by atoms with van der Waals surface area (Å²) in [5, 5.41) is 2.99. The zero-order valence-corrected chi connectivity index (χ0v) is 24.6. The van der Waals surface area contributed by atoms with Gasteiger partial charge in [-0.25, -0.2) is 4.79 Å². The van der Waals surface area contributed by atoms with Gasteiger partial charge in [0.2, 0.25) is 0 Å². The van der Waals surface area contributed by atoms with Gasteiger partial charge in [0, 0.05) is 20.4 Å². The van der Waals surface area contributed by atoms with Gasteiger partial charge < -0.3 is 23.6 Å². The predicted octanol–water partition coefficient (Wildman–Crippen LogP) is 4.61. The summed E-state index contributed by atoms with van der Waals surface area (Å²) in [6.07, 6.45) is -0.144. The molecule has 0 saturated carbocycles. The summed E-state index contributed by atoms with van der Waals surface area (Å²) in [5.74, 6) is 0.509. The summed E-state index contributed by atoms with van der Waals surface area (Å²) in [4.78, 5) is 16.9. The molecule has 0 aromatic carbocycles. The van der Waals surface area contributed by atoms with Crippen LogP contribution in [0.3, 0.4) is 0 Å². The number of aromatic nitrogens is 2. The minimum Gasteiger partial charge on any atom is -0.414 e. The smallest absolute Gasteiger partial charge is 0.351 e. The van der Waals surface area contributed by atoms with Crippen LogP contribution in [0.5, 0.6) is 0 Å². The molecule has 0 aliphatic carbocycles. The zero-order chi connectivity index (χ0) is 25.4. The summed E-state index contributed by atoms with van der Waals surface area (Å²) in [7, 11) is -0.797. The van der Waals surface area contributed by atoms with Crippen molar-refractivity contribution in [1.82, 2.24) is 9.55 Å². The van der Waals surface area contributed by atoms with Crippen molar-refractivity contribution < 1.29 is 18.3 Å². The highest BCUT2D eigenvalue weighted by molar-refractivity contribution is 6.74. The van der Waals surface area contributed by atoms with Crippen molar-refractivity contribution in [3.63, 3.8) is 0 Å². The summed E-state index contributed by atoms with van der Waals surface area (Å²) < 4.78 is 27.2. The molecule has 4 atom stereocenters. The molecule has 0 amide bonds. The van der Waals surface area contributed by atoms with E-state index in [-0.39, 0.29) is 22.3 Å². The summed E-state index contributed by atoms with van der Waals surface area (Å²) >= 11 is 0. The summed E-state index contributed by atoms with van der Waals surface area (Å²) in [5.41, 5.74) is -0.397. The Morgan fingerprint density at radius 2 is 1.64 bits per heavy atom. The standard InChI is InChI=1S/C23H45N3O5Si2/c1-22(2,3)32(9,10)29-15-16-18(31-33(11,12)23(4,5)6)19(28-8)20(30-16)26-14-13-17(24-7)25-21(26)27/h13-14,16,18-20H,15H2,1-12H3,(H,24,25,27)/t16-,18+,19?,20-/m1/s1. The van der Waals surface area contributed by atoms with E-state index in [9.17, 15) is 4.79 Å². The number of hydrogen-bond donors (Lipinski definition) is 1. The zero-order valence-electron chi connectivity index (χ0n) is 22.6. The van der Waals surface area contributed by atoms with E-state index >= 15 is 0 Å². The minimum atomic E-state index is -2.16. The van der Waals surface area contributed by atoms with Crippen LogP contribution in [-0.4, -0.2) is 65.3 Å².